The van der Waals surface area contributed by atoms with Crippen LogP contribution in [0.2, 0.25) is 5.02 Å². The number of methoxy groups -OCH3 is 1. The van der Waals surface area contributed by atoms with Gasteiger partial charge in [0.15, 0.2) is 0 Å². The third kappa shape index (κ3) is 3.07. The summed E-state index contributed by atoms with van der Waals surface area (Å²) in [6.07, 6.45) is 0.625. The molecular formula is C19H17ClO5. The first-order valence-electron chi connectivity index (χ1n) is 7.83. The Morgan fingerprint density at radius 2 is 1.96 bits per heavy atom. The lowest BCUT2D eigenvalue weighted by Gasteiger charge is -2.18. The Morgan fingerprint density at radius 3 is 2.56 bits per heavy atom. The summed E-state index contributed by atoms with van der Waals surface area (Å²) >= 11 is 5.89. The molecule has 0 spiro atoms. The summed E-state index contributed by atoms with van der Waals surface area (Å²) in [6, 6.07) is 8.27. The molecule has 0 bridgehead atoms. The number of carboxylic acids is 1. The van der Waals surface area contributed by atoms with Crippen LogP contribution in [0.5, 0.6) is 11.5 Å². The number of carbonyl (C=O) groups is 2. The molecule has 130 valence electrons. The second-order valence-electron chi connectivity index (χ2n) is 5.86. The van der Waals surface area contributed by atoms with E-state index in [1.807, 2.05) is 0 Å². The molecule has 0 radical (unpaired) electrons. The molecule has 25 heavy (non-hydrogen) atoms. The van der Waals surface area contributed by atoms with Crippen LogP contribution in [-0.4, -0.2) is 30.6 Å². The molecule has 2 aromatic rings. The quantitative estimate of drug-likeness (QED) is 0.823. The zero-order valence-corrected chi connectivity index (χ0v) is 14.6. The molecule has 6 heteroatoms. The van der Waals surface area contributed by atoms with Crippen molar-refractivity contribution in [3.63, 3.8) is 0 Å². The second-order valence-corrected chi connectivity index (χ2v) is 6.29. The first-order chi connectivity index (χ1) is 11.9. The zero-order chi connectivity index (χ0) is 18.1. The van der Waals surface area contributed by atoms with Crippen molar-refractivity contribution in [2.24, 2.45) is 0 Å². The molecule has 5 nitrogen and oxygen atoms in total. The number of hydrogen-bond donors (Lipinski definition) is 1. The third-order valence-electron chi connectivity index (χ3n) is 4.33. The van der Waals surface area contributed by atoms with E-state index in [1.54, 1.807) is 37.3 Å². The Kier molecular flexibility index (Phi) is 4.68. The van der Waals surface area contributed by atoms with Crippen LogP contribution >= 0.6 is 11.6 Å². The summed E-state index contributed by atoms with van der Waals surface area (Å²) in [7, 11) is 1.42. The second kappa shape index (κ2) is 6.76. The Hall–Kier alpha value is -2.53. The van der Waals surface area contributed by atoms with Crippen LogP contribution in [0.15, 0.2) is 30.3 Å². The Labute approximate surface area is 150 Å². The molecule has 1 aliphatic rings. The molecule has 0 amide bonds. The van der Waals surface area contributed by atoms with Gasteiger partial charge in [-0.2, -0.15) is 0 Å². The maximum Gasteiger partial charge on any atom is 0.310 e. The maximum atomic E-state index is 13.1. The van der Waals surface area contributed by atoms with Gasteiger partial charge in [-0.25, -0.2) is 0 Å². The number of rotatable bonds is 5. The van der Waals surface area contributed by atoms with Gasteiger partial charge in [-0.3, -0.25) is 9.59 Å². The van der Waals surface area contributed by atoms with E-state index >= 15 is 0 Å². The van der Waals surface area contributed by atoms with Crippen LogP contribution in [0.3, 0.4) is 0 Å². The molecule has 1 atom stereocenters. The van der Waals surface area contributed by atoms with E-state index in [2.05, 4.69) is 0 Å². The van der Waals surface area contributed by atoms with E-state index in [-0.39, 0.29) is 17.1 Å². The van der Waals surface area contributed by atoms with Crippen LogP contribution in [0.1, 0.15) is 39.9 Å². The standard InChI is InChI=1S/C19H17ClO5/c1-10(19(22)23)14-9-12-7-8-25-17(12)15(18(14)24-2)16(21)11-3-5-13(20)6-4-11/h3-6,9-10H,7-8H2,1-2H3,(H,22,23). The van der Waals surface area contributed by atoms with Crippen LogP contribution < -0.4 is 9.47 Å². The number of ether oxygens (including phenoxy) is 2. The van der Waals surface area contributed by atoms with Crippen LogP contribution in [0.25, 0.3) is 0 Å². The summed E-state index contributed by atoms with van der Waals surface area (Å²) in [5, 5.41) is 9.92. The Balaban J connectivity index is 2.22. The average molecular weight is 361 g/mol. The lowest BCUT2D eigenvalue weighted by molar-refractivity contribution is -0.138. The normalized spacial score (nSPS) is 13.7. The average Bonchev–Trinajstić information content (AvgIpc) is 3.07. The van der Waals surface area contributed by atoms with Gasteiger partial charge in [-0.15, -0.1) is 0 Å². The number of halogens is 1. The molecule has 0 aliphatic carbocycles. The Morgan fingerprint density at radius 1 is 1.28 bits per heavy atom. The predicted molar refractivity (Wildman–Crippen MR) is 93.1 cm³/mol. The first-order valence-corrected chi connectivity index (χ1v) is 8.21. The van der Waals surface area contributed by atoms with Gasteiger partial charge in [0.25, 0.3) is 0 Å². The molecule has 0 fully saturated rings. The van der Waals surface area contributed by atoms with Gasteiger partial charge in [-0.05, 0) is 42.8 Å². The monoisotopic (exact) mass is 360 g/mol. The summed E-state index contributed by atoms with van der Waals surface area (Å²) < 4.78 is 11.1. The molecular weight excluding hydrogens is 344 g/mol. The summed E-state index contributed by atoms with van der Waals surface area (Å²) in [4.78, 5) is 24.6. The predicted octanol–water partition coefficient (Wildman–Crippen LogP) is 3.70. The van der Waals surface area contributed by atoms with E-state index in [9.17, 15) is 14.7 Å². The van der Waals surface area contributed by atoms with Crippen molar-refractivity contribution in [3.8, 4) is 11.5 Å². The van der Waals surface area contributed by atoms with Crippen LogP contribution in [0.4, 0.5) is 0 Å². The number of fused-ring (bicyclic) bond motifs is 1. The molecule has 0 saturated carbocycles. The van der Waals surface area contributed by atoms with Crippen LogP contribution in [0, 0.1) is 0 Å². The van der Waals surface area contributed by atoms with Crippen molar-refractivity contribution in [1.82, 2.24) is 0 Å². The molecule has 0 saturated heterocycles. The number of ketones is 1. The van der Waals surface area contributed by atoms with E-state index in [4.69, 9.17) is 21.1 Å². The number of carboxylic acid groups (broad SMARTS) is 1. The largest absolute Gasteiger partial charge is 0.496 e. The lowest BCUT2D eigenvalue weighted by Crippen LogP contribution is -2.13. The van der Waals surface area contributed by atoms with Crippen molar-refractivity contribution in [1.29, 1.82) is 0 Å². The fourth-order valence-corrected chi connectivity index (χ4v) is 3.09. The van der Waals surface area contributed by atoms with Gasteiger partial charge in [-0.1, -0.05) is 11.6 Å². The fraction of sp³-hybridized carbons (Fsp3) is 0.263. The fourth-order valence-electron chi connectivity index (χ4n) is 2.97. The summed E-state index contributed by atoms with van der Waals surface area (Å²) in [5.41, 5.74) is 1.99. The van der Waals surface area contributed by atoms with Gasteiger partial charge in [0.05, 0.1) is 19.6 Å². The molecule has 1 unspecified atom stereocenters. The van der Waals surface area contributed by atoms with E-state index in [1.165, 1.54) is 7.11 Å². The third-order valence-corrected chi connectivity index (χ3v) is 4.58. The molecule has 1 heterocycles. The minimum absolute atomic E-state index is 0.246. The lowest BCUT2D eigenvalue weighted by atomic mass is 9.90. The molecule has 3 rings (SSSR count). The molecule has 2 aromatic carbocycles. The van der Waals surface area contributed by atoms with Gasteiger partial charge in [0.2, 0.25) is 5.78 Å². The molecule has 1 aliphatic heterocycles. The van der Waals surface area contributed by atoms with Crippen molar-refractivity contribution in [2.45, 2.75) is 19.3 Å². The van der Waals surface area contributed by atoms with Gasteiger partial charge in [0.1, 0.15) is 17.1 Å². The highest BCUT2D eigenvalue weighted by atomic mass is 35.5. The molecule has 1 N–H and O–H groups in total. The number of aliphatic carboxylic acids is 1. The van der Waals surface area contributed by atoms with Crippen LogP contribution in [-0.2, 0) is 11.2 Å². The van der Waals surface area contributed by atoms with Crippen molar-refractivity contribution < 1.29 is 24.2 Å². The highest BCUT2D eigenvalue weighted by Gasteiger charge is 2.31. The summed E-state index contributed by atoms with van der Waals surface area (Å²) in [6.45, 7) is 2.02. The highest BCUT2D eigenvalue weighted by molar-refractivity contribution is 6.30. The van der Waals surface area contributed by atoms with Crippen molar-refractivity contribution in [3.05, 3.63) is 57.6 Å². The Bertz CT molecular complexity index is 842. The van der Waals surface area contributed by atoms with Gasteiger partial charge < -0.3 is 14.6 Å². The smallest absolute Gasteiger partial charge is 0.310 e. The SMILES string of the molecule is COc1c(C(C)C(=O)O)cc2c(c1C(=O)c1ccc(Cl)cc1)OCC2. The zero-order valence-electron chi connectivity index (χ0n) is 13.8. The van der Waals surface area contributed by atoms with E-state index in [0.29, 0.717) is 34.9 Å². The van der Waals surface area contributed by atoms with Gasteiger partial charge in [0, 0.05) is 22.6 Å². The number of benzene rings is 2. The first kappa shape index (κ1) is 17.3. The van der Waals surface area contributed by atoms with Gasteiger partial charge >= 0.3 is 5.97 Å². The molecule has 0 aromatic heterocycles. The van der Waals surface area contributed by atoms with E-state index in [0.717, 1.165) is 5.56 Å². The number of hydrogen-bond acceptors (Lipinski definition) is 4. The topological polar surface area (TPSA) is 72.8 Å². The maximum absolute atomic E-state index is 13.1. The minimum atomic E-state index is -0.984. The number of carbonyl (C=O) groups excluding carboxylic acids is 1. The van der Waals surface area contributed by atoms with E-state index < -0.39 is 11.9 Å². The highest BCUT2D eigenvalue weighted by Crippen LogP contribution is 2.42. The summed E-state index contributed by atoms with van der Waals surface area (Å²) in [5.74, 6) is -1.36. The van der Waals surface area contributed by atoms with Crippen molar-refractivity contribution in [2.75, 3.05) is 13.7 Å². The van der Waals surface area contributed by atoms with Crippen molar-refractivity contribution >= 4 is 23.4 Å². The minimum Gasteiger partial charge on any atom is -0.496 e.